The van der Waals surface area contributed by atoms with Gasteiger partial charge in [0.05, 0.1) is 6.42 Å². The molecular weight excluding hydrogens is 252 g/mol. The van der Waals surface area contributed by atoms with Gasteiger partial charge in [0, 0.05) is 6.54 Å². The van der Waals surface area contributed by atoms with Crippen molar-refractivity contribution in [3.05, 3.63) is 0 Å². The van der Waals surface area contributed by atoms with Crippen molar-refractivity contribution in [2.75, 3.05) is 6.54 Å². The summed E-state index contributed by atoms with van der Waals surface area (Å²) >= 11 is 0. The van der Waals surface area contributed by atoms with Crippen molar-refractivity contribution in [3.8, 4) is 0 Å². The number of carbonyl (C=O) groups is 3. The highest BCUT2D eigenvalue weighted by Crippen LogP contribution is 2.04. The highest BCUT2D eigenvalue weighted by Gasteiger charge is 2.22. The summed E-state index contributed by atoms with van der Waals surface area (Å²) in [6, 6.07) is -2.06. The van der Waals surface area contributed by atoms with Crippen molar-refractivity contribution in [1.82, 2.24) is 10.6 Å². The maximum absolute atomic E-state index is 11.4. The normalized spacial score (nSPS) is 11.9. The lowest BCUT2D eigenvalue weighted by molar-refractivity contribution is -0.145. The third kappa shape index (κ3) is 9.87. The summed E-state index contributed by atoms with van der Waals surface area (Å²) in [4.78, 5) is 32.5. The van der Waals surface area contributed by atoms with Crippen LogP contribution in [0.1, 0.15) is 39.5 Å². The fraction of sp³-hybridized carbons (Fsp3) is 0.750. The molecule has 1 unspecified atom stereocenters. The van der Waals surface area contributed by atoms with Crippen LogP contribution in [-0.2, 0) is 9.59 Å². The van der Waals surface area contributed by atoms with Crippen molar-refractivity contribution in [1.29, 1.82) is 0 Å². The summed E-state index contributed by atoms with van der Waals surface area (Å²) < 4.78 is 0. The number of carboxylic acids is 2. The topological polar surface area (TPSA) is 116 Å². The molecule has 110 valence electrons. The first-order valence-corrected chi connectivity index (χ1v) is 6.32. The maximum atomic E-state index is 11.4. The summed E-state index contributed by atoms with van der Waals surface area (Å²) in [5, 5.41) is 21.9. The fourth-order valence-corrected chi connectivity index (χ4v) is 1.46. The van der Waals surface area contributed by atoms with E-state index in [0.717, 1.165) is 19.3 Å². The molecule has 4 N–H and O–H groups in total. The summed E-state index contributed by atoms with van der Waals surface area (Å²) in [6.07, 6.45) is 2.22. The Balaban J connectivity index is 3.87. The molecule has 2 amide bonds. The average molecular weight is 274 g/mol. The van der Waals surface area contributed by atoms with E-state index < -0.39 is 30.4 Å². The van der Waals surface area contributed by atoms with E-state index in [1.807, 2.05) is 0 Å². The highest BCUT2D eigenvalue weighted by molar-refractivity contribution is 5.86. The molecule has 0 spiro atoms. The smallest absolute Gasteiger partial charge is 0.326 e. The van der Waals surface area contributed by atoms with Gasteiger partial charge < -0.3 is 20.8 Å². The number of urea groups is 1. The van der Waals surface area contributed by atoms with Crippen LogP contribution < -0.4 is 10.6 Å². The number of amides is 2. The molecule has 0 saturated carbocycles. The zero-order chi connectivity index (χ0) is 14.8. The Morgan fingerprint density at radius 3 is 2.21 bits per heavy atom. The summed E-state index contributed by atoms with van der Waals surface area (Å²) in [5.74, 6) is -2.03. The van der Waals surface area contributed by atoms with Crippen molar-refractivity contribution in [2.45, 2.75) is 45.6 Å². The highest BCUT2D eigenvalue weighted by atomic mass is 16.4. The van der Waals surface area contributed by atoms with Crippen LogP contribution in [0.4, 0.5) is 4.79 Å². The molecule has 0 aromatic heterocycles. The molecular formula is C12H22N2O5. The molecule has 1 atom stereocenters. The summed E-state index contributed by atoms with van der Waals surface area (Å²) in [6.45, 7) is 4.67. The molecule has 0 aromatic carbocycles. The number of unbranched alkanes of at least 4 members (excludes halogenated alkanes) is 1. The third-order valence-corrected chi connectivity index (χ3v) is 2.48. The Morgan fingerprint density at radius 1 is 1.11 bits per heavy atom. The zero-order valence-electron chi connectivity index (χ0n) is 11.3. The Bertz CT molecular complexity index is 317. The van der Waals surface area contributed by atoms with E-state index in [1.165, 1.54) is 0 Å². The largest absolute Gasteiger partial charge is 0.481 e. The average Bonchev–Trinajstić information content (AvgIpc) is 2.26. The van der Waals surface area contributed by atoms with E-state index in [9.17, 15) is 14.4 Å². The van der Waals surface area contributed by atoms with Crippen LogP contribution in [0.2, 0.25) is 0 Å². The molecule has 0 bridgehead atoms. The van der Waals surface area contributed by atoms with E-state index in [1.54, 1.807) is 0 Å². The molecule has 0 aliphatic carbocycles. The van der Waals surface area contributed by atoms with Gasteiger partial charge >= 0.3 is 18.0 Å². The van der Waals surface area contributed by atoms with Gasteiger partial charge in [0.2, 0.25) is 0 Å². The van der Waals surface area contributed by atoms with Crippen LogP contribution in [-0.4, -0.2) is 40.8 Å². The van der Waals surface area contributed by atoms with Gasteiger partial charge in [-0.25, -0.2) is 9.59 Å². The molecule has 0 aromatic rings. The molecule has 0 rings (SSSR count). The van der Waals surface area contributed by atoms with Crippen LogP contribution in [0.15, 0.2) is 0 Å². The van der Waals surface area contributed by atoms with E-state index in [0.29, 0.717) is 12.5 Å². The van der Waals surface area contributed by atoms with Crippen molar-refractivity contribution in [3.63, 3.8) is 0 Å². The molecule has 7 nitrogen and oxygen atoms in total. The molecule has 19 heavy (non-hydrogen) atoms. The Morgan fingerprint density at radius 2 is 1.74 bits per heavy atom. The fourth-order valence-electron chi connectivity index (χ4n) is 1.46. The minimum Gasteiger partial charge on any atom is -0.481 e. The minimum absolute atomic E-state index is 0.442. The van der Waals surface area contributed by atoms with E-state index in [2.05, 4.69) is 24.5 Å². The maximum Gasteiger partial charge on any atom is 0.326 e. The number of carboxylic acid groups (broad SMARTS) is 2. The van der Waals surface area contributed by atoms with Gasteiger partial charge in [-0.1, -0.05) is 26.7 Å². The first kappa shape index (κ1) is 17.2. The van der Waals surface area contributed by atoms with Gasteiger partial charge in [0.25, 0.3) is 0 Å². The van der Waals surface area contributed by atoms with Gasteiger partial charge in [-0.05, 0) is 12.3 Å². The number of nitrogens with one attached hydrogen (secondary N) is 2. The minimum atomic E-state index is -1.41. The predicted molar refractivity (Wildman–Crippen MR) is 68.9 cm³/mol. The number of aliphatic carboxylic acids is 2. The number of hydrogen-bond acceptors (Lipinski definition) is 3. The number of rotatable bonds is 9. The summed E-state index contributed by atoms with van der Waals surface area (Å²) in [5.41, 5.74) is 0. The van der Waals surface area contributed by atoms with Crippen molar-refractivity contribution >= 4 is 18.0 Å². The van der Waals surface area contributed by atoms with E-state index >= 15 is 0 Å². The second kappa shape index (κ2) is 9.18. The first-order valence-electron chi connectivity index (χ1n) is 6.32. The van der Waals surface area contributed by atoms with Crippen LogP contribution in [0.3, 0.4) is 0 Å². The number of hydrogen-bond donors (Lipinski definition) is 4. The van der Waals surface area contributed by atoms with Gasteiger partial charge in [0.1, 0.15) is 6.04 Å². The quantitative estimate of drug-likeness (QED) is 0.469. The Kier molecular flexibility index (Phi) is 8.32. The van der Waals surface area contributed by atoms with Crippen LogP contribution >= 0.6 is 0 Å². The second-order valence-corrected chi connectivity index (χ2v) is 4.78. The van der Waals surface area contributed by atoms with E-state index in [-0.39, 0.29) is 0 Å². The standard InChI is InChI=1S/C12H22N2O5/c1-8(2)5-3-4-6-13-12(19)14-9(11(17)18)7-10(15)16/h8-9H,3-7H2,1-2H3,(H,15,16)(H,17,18)(H2,13,14,19). The van der Waals surface area contributed by atoms with Gasteiger partial charge in [0.15, 0.2) is 0 Å². The molecule has 7 heteroatoms. The summed E-state index contributed by atoms with van der Waals surface area (Å²) in [7, 11) is 0. The Labute approximate surface area is 112 Å². The molecule has 0 aliphatic heterocycles. The molecule has 0 aliphatic rings. The second-order valence-electron chi connectivity index (χ2n) is 4.78. The monoisotopic (exact) mass is 274 g/mol. The molecule has 0 saturated heterocycles. The third-order valence-electron chi connectivity index (χ3n) is 2.48. The lowest BCUT2D eigenvalue weighted by Crippen LogP contribution is -2.47. The lowest BCUT2D eigenvalue weighted by Gasteiger charge is -2.13. The Hall–Kier alpha value is -1.79. The van der Waals surface area contributed by atoms with Crippen molar-refractivity contribution < 1.29 is 24.6 Å². The molecule has 0 radical (unpaired) electrons. The van der Waals surface area contributed by atoms with Crippen LogP contribution in [0.25, 0.3) is 0 Å². The zero-order valence-corrected chi connectivity index (χ0v) is 11.3. The first-order chi connectivity index (χ1) is 8.82. The van der Waals surface area contributed by atoms with Gasteiger partial charge in [-0.2, -0.15) is 0 Å². The molecule has 0 heterocycles. The SMILES string of the molecule is CC(C)CCCCNC(=O)NC(CC(=O)O)C(=O)O. The molecule has 0 fully saturated rings. The predicted octanol–water partition coefficient (Wildman–Crippen LogP) is 1.04. The van der Waals surface area contributed by atoms with Gasteiger partial charge in [-0.15, -0.1) is 0 Å². The van der Waals surface area contributed by atoms with E-state index in [4.69, 9.17) is 10.2 Å². The van der Waals surface area contributed by atoms with Gasteiger partial charge in [-0.3, -0.25) is 4.79 Å². The van der Waals surface area contributed by atoms with Crippen LogP contribution in [0.5, 0.6) is 0 Å². The van der Waals surface area contributed by atoms with Crippen LogP contribution in [0, 0.1) is 5.92 Å². The number of carbonyl (C=O) groups excluding carboxylic acids is 1. The lowest BCUT2D eigenvalue weighted by atomic mass is 10.1. The van der Waals surface area contributed by atoms with Crippen molar-refractivity contribution in [2.24, 2.45) is 5.92 Å².